The second-order valence-corrected chi connectivity index (χ2v) is 3.50. The minimum absolute atomic E-state index is 0.0540. The first-order valence-electron chi connectivity index (χ1n) is 3.75. The number of thiazole rings is 1. The Kier molecular flexibility index (Phi) is 2.07. The van der Waals surface area contributed by atoms with Gasteiger partial charge in [0.2, 0.25) is 0 Å². The summed E-state index contributed by atoms with van der Waals surface area (Å²) >= 11 is 1.49. The molecule has 68 valence electrons. The third kappa shape index (κ3) is 1.58. The van der Waals surface area contributed by atoms with Crippen molar-refractivity contribution >= 4 is 11.3 Å². The van der Waals surface area contributed by atoms with E-state index in [1.165, 1.54) is 17.7 Å². The molecule has 0 aliphatic heterocycles. The van der Waals surface area contributed by atoms with E-state index in [4.69, 9.17) is 10.3 Å². The lowest BCUT2D eigenvalue weighted by Gasteiger charge is -1.95. The number of nitrogens with two attached hydrogens (primary N) is 1. The van der Waals surface area contributed by atoms with Crippen LogP contribution in [0.4, 0.5) is 0 Å². The summed E-state index contributed by atoms with van der Waals surface area (Å²) in [5.74, 6) is 0.433. The van der Waals surface area contributed by atoms with E-state index in [0.29, 0.717) is 11.6 Å². The van der Waals surface area contributed by atoms with Gasteiger partial charge in [-0.1, -0.05) is 5.16 Å². The van der Waals surface area contributed by atoms with Crippen molar-refractivity contribution in [1.82, 2.24) is 15.1 Å². The number of hydrogen-bond acceptors (Lipinski definition) is 6. The topological polar surface area (TPSA) is 77.8 Å². The minimum atomic E-state index is -0.0540. The molecule has 0 bridgehead atoms. The molecule has 2 N–H and O–H groups in total. The molecule has 13 heavy (non-hydrogen) atoms. The first kappa shape index (κ1) is 8.33. The lowest BCUT2D eigenvalue weighted by atomic mass is 10.4. The molecule has 1 unspecified atom stereocenters. The Morgan fingerprint density at radius 1 is 1.62 bits per heavy atom. The molecule has 0 fully saturated rings. The Hall–Kier alpha value is -1.27. The molecule has 0 radical (unpaired) electrons. The predicted octanol–water partition coefficient (Wildman–Crippen LogP) is 1.21. The van der Waals surface area contributed by atoms with Crippen LogP contribution in [-0.4, -0.2) is 15.1 Å². The zero-order valence-corrected chi connectivity index (χ0v) is 7.78. The largest absolute Gasteiger partial charge is 0.333 e. The van der Waals surface area contributed by atoms with Crippen LogP contribution in [0.2, 0.25) is 0 Å². The maximum absolute atomic E-state index is 5.66. The van der Waals surface area contributed by atoms with Gasteiger partial charge in [0.05, 0.1) is 6.04 Å². The van der Waals surface area contributed by atoms with E-state index in [0.717, 1.165) is 5.01 Å². The van der Waals surface area contributed by atoms with E-state index in [-0.39, 0.29) is 6.04 Å². The average molecular weight is 196 g/mol. The molecule has 0 spiro atoms. The summed E-state index contributed by atoms with van der Waals surface area (Å²) in [6, 6.07) is -0.0540. The van der Waals surface area contributed by atoms with E-state index in [9.17, 15) is 0 Å². The van der Waals surface area contributed by atoms with Crippen molar-refractivity contribution in [2.45, 2.75) is 13.0 Å². The van der Waals surface area contributed by atoms with Gasteiger partial charge in [-0.3, -0.25) is 0 Å². The number of hydrogen-bond donors (Lipinski definition) is 1. The molecule has 2 aromatic heterocycles. The number of rotatable bonds is 2. The van der Waals surface area contributed by atoms with Gasteiger partial charge >= 0.3 is 0 Å². The molecule has 2 rings (SSSR count). The molecular weight excluding hydrogens is 188 g/mol. The van der Waals surface area contributed by atoms with Gasteiger partial charge in [0.25, 0.3) is 5.89 Å². The molecule has 0 amide bonds. The summed E-state index contributed by atoms with van der Waals surface area (Å²) < 4.78 is 4.85. The second kappa shape index (κ2) is 3.23. The monoisotopic (exact) mass is 196 g/mol. The lowest BCUT2D eigenvalue weighted by molar-refractivity contribution is 0.429. The molecular formula is C7H8N4OS. The molecule has 2 aromatic rings. The van der Waals surface area contributed by atoms with Crippen molar-refractivity contribution in [3.05, 3.63) is 16.7 Å². The molecule has 0 saturated carbocycles. The van der Waals surface area contributed by atoms with Crippen molar-refractivity contribution in [3.8, 4) is 11.6 Å². The van der Waals surface area contributed by atoms with Crippen molar-refractivity contribution in [3.63, 3.8) is 0 Å². The van der Waals surface area contributed by atoms with Gasteiger partial charge in [0.15, 0.2) is 6.33 Å². The van der Waals surface area contributed by atoms with Crippen LogP contribution in [0.15, 0.2) is 16.2 Å². The van der Waals surface area contributed by atoms with Gasteiger partial charge in [-0.05, 0) is 6.92 Å². The smallest absolute Gasteiger partial charge is 0.277 e. The summed E-state index contributed by atoms with van der Waals surface area (Å²) in [6.07, 6.45) is 1.35. The van der Waals surface area contributed by atoms with Gasteiger partial charge < -0.3 is 10.3 Å². The fourth-order valence-electron chi connectivity index (χ4n) is 0.881. The average Bonchev–Trinajstić information content (AvgIpc) is 2.75. The molecule has 2 heterocycles. The molecule has 5 nitrogen and oxygen atoms in total. The van der Waals surface area contributed by atoms with Crippen molar-refractivity contribution < 1.29 is 4.52 Å². The summed E-state index contributed by atoms with van der Waals surface area (Å²) in [6.45, 7) is 1.89. The zero-order valence-electron chi connectivity index (χ0n) is 6.97. The van der Waals surface area contributed by atoms with Gasteiger partial charge in [0, 0.05) is 5.38 Å². The maximum Gasteiger partial charge on any atom is 0.277 e. The Bertz CT molecular complexity index is 381. The summed E-state index contributed by atoms with van der Waals surface area (Å²) in [5, 5.41) is 6.22. The van der Waals surface area contributed by atoms with E-state index in [1.54, 1.807) is 0 Å². The molecule has 0 aliphatic rings. The highest BCUT2D eigenvalue weighted by Gasteiger charge is 2.10. The van der Waals surface area contributed by atoms with Crippen LogP contribution in [0.3, 0.4) is 0 Å². The molecule has 0 aromatic carbocycles. The number of nitrogens with zero attached hydrogens (tertiary/aromatic N) is 3. The maximum atomic E-state index is 5.66. The van der Waals surface area contributed by atoms with Crippen molar-refractivity contribution in [2.75, 3.05) is 0 Å². The summed E-state index contributed by atoms with van der Waals surface area (Å²) in [4.78, 5) is 8.13. The highest BCUT2D eigenvalue weighted by atomic mass is 32.1. The quantitative estimate of drug-likeness (QED) is 0.781. The zero-order chi connectivity index (χ0) is 9.26. The van der Waals surface area contributed by atoms with Crippen LogP contribution in [0, 0.1) is 0 Å². The summed E-state index contributed by atoms with van der Waals surface area (Å²) in [5.41, 5.74) is 6.35. The predicted molar refractivity (Wildman–Crippen MR) is 48.0 cm³/mol. The Morgan fingerprint density at radius 3 is 3.00 bits per heavy atom. The third-order valence-electron chi connectivity index (χ3n) is 1.49. The SMILES string of the molecule is CC(N)c1nc(-c2ncno2)cs1. The van der Waals surface area contributed by atoms with Crippen LogP contribution in [-0.2, 0) is 0 Å². The van der Waals surface area contributed by atoms with Crippen LogP contribution >= 0.6 is 11.3 Å². The first-order chi connectivity index (χ1) is 6.27. The fourth-order valence-corrected chi connectivity index (χ4v) is 1.63. The van der Waals surface area contributed by atoms with Crippen LogP contribution in [0.1, 0.15) is 18.0 Å². The van der Waals surface area contributed by atoms with Crippen molar-refractivity contribution in [2.24, 2.45) is 5.73 Å². The normalized spacial score (nSPS) is 13.1. The van der Waals surface area contributed by atoms with Gasteiger partial charge in [-0.2, -0.15) is 4.98 Å². The van der Waals surface area contributed by atoms with E-state index < -0.39 is 0 Å². The molecule has 0 saturated heterocycles. The van der Waals surface area contributed by atoms with Crippen molar-refractivity contribution in [1.29, 1.82) is 0 Å². The van der Waals surface area contributed by atoms with Gasteiger partial charge in [-0.15, -0.1) is 11.3 Å². The summed E-state index contributed by atoms with van der Waals surface area (Å²) in [7, 11) is 0. The minimum Gasteiger partial charge on any atom is -0.333 e. The molecule has 6 heteroatoms. The Balaban J connectivity index is 2.33. The number of aromatic nitrogens is 3. The van der Waals surface area contributed by atoms with Gasteiger partial charge in [-0.25, -0.2) is 4.98 Å². The van der Waals surface area contributed by atoms with E-state index in [2.05, 4.69) is 15.1 Å². The van der Waals surface area contributed by atoms with Crippen LogP contribution in [0.5, 0.6) is 0 Å². The highest BCUT2D eigenvalue weighted by Crippen LogP contribution is 2.22. The first-order valence-corrected chi connectivity index (χ1v) is 4.63. The van der Waals surface area contributed by atoms with E-state index in [1.807, 2.05) is 12.3 Å². The molecule has 1 atom stereocenters. The fraction of sp³-hybridized carbons (Fsp3) is 0.286. The standard InChI is InChI=1S/C7H8N4OS/c1-4(8)7-11-5(2-13-7)6-9-3-10-12-6/h2-4H,8H2,1H3. The van der Waals surface area contributed by atoms with Crippen LogP contribution in [0.25, 0.3) is 11.6 Å². The van der Waals surface area contributed by atoms with Crippen LogP contribution < -0.4 is 5.73 Å². The lowest BCUT2D eigenvalue weighted by Crippen LogP contribution is -2.03. The Labute approximate surface area is 78.6 Å². The Morgan fingerprint density at radius 2 is 2.46 bits per heavy atom. The second-order valence-electron chi connectivity index (χ2n) is 2.61. The van der Waals surface area contributed by atoms with E-state index >= 15 is 0 Å². The highest BCUT2D eigenvalue weighted by molar-refractivity contribution is 7.10. The third-order valence-corrected chi connectivity index (χ3v) is 2.54. The van der Waals surface area contributed by atoms with Gasteiger partial charge in [0.1, 0.15) is 10.7 Å². The molecule has 0 aliphatic carbocycles.